The molecule has 0 N–H and O–H groups in total. The molecule has 0 atom stereocenters. The molecule has 2 heterocycles. The Kier molecular flexibility index (Phi) is 5.63. The molecule has 2 aliphatic heterocycles. The number of piperidine rings is 1. The van der Waals surface area contributed by atoms with Gasteiger partial charge in [-0.25, -0.2) is 0 Å². The Morgan fingerprint density at radius 1 is 1.00 bits per heavy atom. The minimum absolute atomic E-state index is 0.0288. The second-order valence-corrected chi connectivity index (χ2v) is 6.76. The number of aryl methyl sites for hydroxylation is 1. The molecule has 1 aromatic rings. The van der Waals surface area contributed by atoms with Crippen LogP contribution < -0.4 is 0 Å². The fraction of sp³-hybridized carbons (Fsp3) is 0.579. The number of ether oxygens (including phenoxy) is 1. The molecule has 0 bridgehead atoms. The molecule has 2 fully saturated rings. The molecule has 5 nitrogen and oxygen atoms in total. The van der Waals surface area contributed by atoms with Crippen LogP contribution in [0.3, 0.4) is 0 Å². The van der Waals surface area contributed by atoms with Crippen molar-refractivity contribution in [2.24, 2.45) is 0 Å². The van der Waals surface area contributed by atoms with Crippen LogP contribution in [0.15, 0.2) is 24.3 Å². The summed E-state index contributed by atoms with van der Waals surface area (Å²) in [5, 5.41) is 0. The summed E-state index contributed by atoms with van der Waals surface area (Å²) >= 11 is 0. The first-order valence-electron chi connectivity index (χ1n) is 8.83. The first-order chi connectivity index (χ1) is 11.6. The van der Waals surface area contributed by atoms with Gasteiger partial charge in [0.15, 0.2) is 0 Å². The summed E-state index contributed by atoms with van der Waals surface area (Å²) in [5.74, 6) is -0.0290. The van der Waals surface area contributed by atoms with Crippen LogP contribution in [0.25, 0.3) is 0 Å². The highest BCUT2D eigenvalue weighted by atomic mass is 16.5. The zero-order valence-electron chi connectivity index (χ0n) is 14.4. The Hall–Kier alpha value is -1.72. The van der Waals surface area contributed by atoms with E-state index in [1.165, 1.54) is 10.5 Å². The summed E-state index contributed by atoms with van der Waals surface area (Å²) < 4.78 is 5.33. The Balaban J connectivity index is 1.51. The molecule has 0 radical (unpaired) electrons. The maximum atomic E-state index is 12.4. The van der Waals surface area contributed by atoms with Crippen LogP contribution in [0, 0.1) is 6.92 Å². The molecule has 0 saturated carbocycles. The second-order valence-electron chi connectivity index (χ2n) is 6.76. The van der Waals surface area contributed by atoms with E-state index in [-0.39, 0.29) is 17.7 Å². The Morgan fingerprint density at radius 3 is 2.25 bits per heavy atom. The van der Waals surface area contributed by atoms with Crippen molar-refractivity contribution < 1.29 is 14.3 Å². The number of rotatable bonds is 5. The van der Waals surface area contributed by atoms with Crippen molar-refractivity contribution in [3.63, 3.8) is 0 Å². The van der Waals surface area contributed by atoms with E-state index < -0.39 is 0 Å². The summed E-state index contributed by atoms with van der Waals surface area (Å²) in [4.78, 5) is 28.6. The zero-order valence-corrected chi connectivity index (χ0v) is 14.4. The molecular formula is C19H26N2O3. The number of morpholine rings is 1. The molecule has 5 heteroatoms. The normalized spacial score (nSPS) is 20.6. The van der Waals surface area contributed by atoms with Crippen LogP contribution in [-0.4, -0.2) is 61.0 Å². The Bertz CT molecular complexity index is 561. The number of carbonyl (C=O) groups excluding carboxylic acids is 2. The van der Waals surface area contributed by atoms with Gasteiger partial charge < -0.3 is 4.74 Å². The number of hydrogen-bond donors (Lipinski definition) is 0. The molecule has 1 aromatic carbocycles. The van der Waals surface area contributed by atoms with E-state index in [0.29, 0.717) is 19.4 Å². The third-order valence-corrected chi connectivity index (χ3v) is 4.95. The lowest BCUT2D eigenvalue weighted by molar-refractivity contribution is -0.148. The largest absolute Gasteiger partial charge is 0.379 e. The molecule has 130 valence electrons. The number of imide groups is 1. The minimum Gasteiger partial charge on any atom is -0.379 e. The number of likely N-dealkylation sites (tertiary alicyclic amines) is 1. The first-order valence-corrected chi connectivity index (χ1v) is 8.83. The topological polar surface area (TPSA) is 49.9 Å². The predicted octanol–water partition coefficient (Wildman–Crippen LogP) is 1.95. The van der Waals surface area contributed by atoms with Gasteiger partial charge in [0.2, 0.25) is 11.8 Å². The Morgan fingerprint density at radius 2 is 1.62 bits per heavy atom. The van der Waals surface area contributed by atoms with Gasteiger partial charge in [-0.2, -0.15) is 0 Å². The number of carbonyl (C=O) groups is 2. The van der Waals surface area contributed by atoms with E-state index in [9.17, 15) is 9.59 Å². The van der Waals surface area contributed by atoms with Crippen molar-refractivity contribution in [3.05, 3.63) is 35.4 Å². The summed E-state index contributed by atoms with van der Waals surface area (Å²) in [6.07, 6.45) is 1.71. The first kappa shape index (κ1) is 17.1. The van der Waals surface area contributed by atoms with Gasteiger partial charge in [0.1, 0.15) is 0 Å². The highest BCUT2D eigenvalue weighted by Gasteiger charge is 2.32. The van der Waals surface area contributed by atoms with Gasteiger partial charge in [-0.15, -0.1) is 0 Å². The molecule has 2 aliphatic rings. The third-order valence-electron chi connectivity index (χ3n) is 4.95. The lowest BCUT2D eigenvalue weighted by Crippen LogP contribution is -2.44. The lowest BCUT2D eigenvalue weighted by atomic mass is 9.88. The van der Waals surface area contributed by atoms with Crippen LogP contribution >= 0.6 is 0 Å². The van der Waals surface area contributed by atoms with Crippen molar-refractivity contribution in [3.8, 4) is 0 Å². The average molecular weight is 330 g/mol. The number of benzene rings is 1. The maximum absolute atomic E-state index is 12.4. The minimum atomic E-state index is -0.0289. The quantitative estimate of drug-likeness (QED) is 0.774. The average Bonchev–Trinajstić information content (AvgIpc) is 2.59. The molecule has 0 unspecified atom stereocenters. The van der Waals surface area contributed by atoms with Crippen LogP contribution in [0.2, 0.25) is 0 Å². The van der Waals surface area contributed by atoms with E-state index in [1.54, 1.807) is 0 Å². The smallest absolute Gasteiger partial charge is 0.229 e. The van der Waals surface area contributed by atoms with Gasteiger partial charge in [-0.3, -0.25) is 19.4 Å². The van der Waals surface area contributed by atoms with Crippen LogP contribution in [0.1, 0.15) is 36.3 Å². The number of amides is 2. The van der Waals surface area contributed by atoms with Crippen LogP contribution in [-0.2, 0) is 14.3 Å². The van der Waals surface area contributed by atoms with Gasteiger partial charge in [0, 0.05) is 44.9 Å². The van der Waals surface area contributed by atoms with Crippen molar-refractivity contribution in [2.75, 3.05) is 39.4 Å². The van der Waals surface area contributed by atoms with Crippen LogP contribution in [0.4, 0.5) is 0 Å². The van der Waals surface area contributed by atoms with Crippen LogP contribution in [0.5, 0.6) is 0 Å². The predicted molar refractivity (Wildman–Crippen MR) is 91.8 cm³/mol. The molecule has 0 aromatic heterocycles. The van der Waals surface area contributed by atoms with Gasteiger partial charge in [-0.05, 0) is 18.9 Å². The molecule has 0 aliphatic carbocycles. The molecule has 0 spiro atoms. The highest BCUT2D eigenvalue weighted by molar-refractivity contribution is 5.98. The van der Waals surface area contributed by atoms with Crippen molar-refractivity contribution in [1.29, 1.82) is 0 Å². The van der Waals surface area contributed by atoms with Gasteiger partial charge in [0.25, 0.3) is 0 Å². The summed E-state index contributed by atoms with van der Waals surface area (Å²) in [5.41, 5.74) is 2.28. The van der Waals surface area contributed by atoms with Gasteiger partial charge in [-0.1, -0.05) is 29.8 Å². The molecule has 2 amide bonds. The summed E-state index contributed by atoms with van der Waals surface area (Å²) in [7, 11) is 0. The zero-order chi connectivity index (χ0) is 16.9. The Labute approximate surface area is 143 Å². The monoisotopic (exact) mass is 330 g/mol. The molecule has 2 saturated heterocycles. The van der Waals surface area contributed by atoms with E-state index in [4.69, 9.17) is 4.74 Å². The molecular weight excluding hydrogens is 304 g/mol. The fourth-order valence-corrected chi connectivity index (χ4v) is 3.45. The SMILES string of the molecule is Cc1ccc(C2CC(=O)N(CCCN3CCOCC3)C(=O)C2)cc1. The van der Waals surface area contributed by atoms with E-state index in [2.05, 4.69) is 4.90 Å². The second kappa shape index (κ2) is 7.90. The van der Waals surface area contributed by atoms with Crippen molar-refractivity contribution in [1.82, 2.24) is 9.80 Å². The number of hydrogen-bond acceptors (Lipinski definition) is 4. The summed E-state index contributed by atoms with van der Waals surface area (Å²) in [6.45, 7) is 6.93. The van der Waals surface area contributed by atoms with Gasteiger partial charge in [0.05, 0.1) is 13.2 Å². The standard InChI is InChI=1S/C19H26N2O3/c1-15-3-5-16(6-4-15)17-13-18(22)21(19(23)14-17)8-2-7-20-9-11-24-12-10-20/h3-6,17H,2,7-14H2,1H3. The van der Waals surface area contributed by atoms with Crippen molar-refractivity contribution >= 4 is 11.8 Å². The lowest BCUT2D eigenvalue weighted by Gasteiger charge is -2.31. The van der Waals surface area contributed by atoms with Crippen molar-refractivity contribution in [2.45, 2.75) is 32.1 Å². The third kappa shape index (κ3) is 4.22. The number of nitrogens with zero attached hydrogens (tertiary/aromatic N) is 2. The molecule has 3 rings (SSSR count). The van der Waals surface area contributed by atoms with Gasteiger partial charge >= 0.3 is 0 Å². The summed E-state index contributed by atoms with van der Waals surface area (Å²) in [6, 6.07) is 8.15. The fourth-order valence-electron chi connectivity index (χ4n) is 3.45. The van der Waals surface area contributed by atoms with E-state index in [0.717, 1.165) is 44.8 Å². The van der Waals surface area contributed by atoms with E-state index >= 15 is 0 Å². The maximum Gasteiger partial charge on any atom is 0.229 e. The highest BCUT2D eigenvalue weighted by Crippen LogP contribution is 2.29. The molecule has 24 heavy (non-hydrogen) atoms. The van der Waals surface area contributed by atoms with E-state index in [1.807, 2.05) is 31.2 Å².